The van der Waals surface area contributed by atoms with Gasteiger partial charge in [0.05, 0.1) is 22.0 Å². The molecule has 0 aliphatic carbocycles. The highest BCUT2D eigenvalue weighted by Gasteiger charge is 2.26. The molecule has 8 heteroatoms. The van der Waals surface area contributed by atoms with Crippen molar-refractivity contribution in [3.8, 4) is 28.0 Å². The zero-order chi connectivity index (χ0) is 24.0. The number of carbonyl (C=O) groups excluding carboxylic acids is 1. The fourth-order valence-corrected chi connectivity index (χ4v) is 4.30. The number of aromatic nitrogens is 2. The molecule has 0 radical (unpaired) electrons. The minimum atomic E-state index is -1.10. The Hall–Kier alpha value is -4.36. The molecule has 0 fully saturated rings. The van der Waals surface area contributed by atoms with Gasteiger partial charge < -0.3 is 15.5 Å². The average Bonchev–Trinajstić information content (AvgIpc) is 3.32. The van der Waals surface area contributed by atoms with E-state index in [1.54, 1.807) is 24.3 Å². The number of amides is 1. The van der Waals surface area contributed by atoms with Gasteiger partial charge >= 0.3 is 5.97 Å². The number of carboxylic acids is 1. The number of phenols is 1. The third-order valence-electron chi connectivity index (χ3n) is 5.71. The minimum Gasteiger partial charge on any atom is -0.507 e. The van der Waals surface area contributed by atoms with E-state index < -0.39 is 5.97 Å². The van der Waals surface area contributed by atoms with Crippen LogP contribution in [0.1, 0.15) is 21.7 Å². The molecule has 4 aromatic rings. The van der Waals surface area contributed by atoms with Crippen LogP contribution in [0.15, 0.2) is 66.7 Å². The number of nitrogens with zero attached hydrogens (tertiary/aromatic N) is 2. The van der Waals surface area contributed by atoms with Crippen LogP contribution < -0.4 is 5.32 Å². The van der Waals surface area contributed by atoms with E-state index in [4.69, 9.17) is 11.6 Å². The monoisotopic (exact) mass is 471 g/mol. The summed E-state index contributed by atoms with van der Waals surface area (Å²) in [6.45, 7) is 0. The Morgan fingerprint density at radius 1 is 1.00 bits per heavy atom. The first-order valence-electron chi connectivity index (χ1n) is 10.3. The van der Waals surface area contributed by atoms with Crippen molar-refractivity contribution in [2.24, 2.45) is 7.05 Å². The molecule has 3 N–H and O–H groups in total. The number of benzene rings is 3. The van der Waals surface area contributed by atoms with Gasteiger partial charge in [-0.05, 0) is 41.5 Å². The summed E-state index contributed by atoms with van der Waals surface area (Å²) in [5.74, 6) is -1.22. The Kier molecular flexibility index (Phi) is 5.18. The van der Waals surface area contributed by atoms with E-state index in [-0.39, 0.29) is 17.4 Å². The summed E-state index contributed by atoms with van der Waals surface area (Å²) in [6.07, 6.45) is 1.56. The second kappa shape index (κ2) is 8.20. The van der Waals surface area contributed by atoms with E-state index in [9.17, 15) is 19.8 Å². The number of para-hydroxylation sites is 1. The van der Waals surface area contributed by atoms with E-state index in [1.807, 2.05) is 42.5 Å². The lowest BCUT2D eigenvalue weighted by Gasteiger charge is -2.10. The van der Waals surface area contributed by atoms with Crippen LogP contribution in [0, 0.1) is 0 Å². The van der Waals surface area contributed by atoms with E-state index in [0.717, 1.165) is 22.3 Å². The van der Waals surface area contributed by atoms with Crippen LogP contribution in [0.25, 0.3) is 33.9 Å². The van der Waals surface area contributed by atoms with Crippen LogP contribution in [0.5, 0.6) is 5.75 Å². The number of fused-ring (bicyclic) bond motifs is 1. The normalized spacial score (nSPS) is 13.7. The Labute approximate surface area is 199 Å². The smallest absolute Gasteiger partial charge is 0.354 e. The van der Waals surface area contributed by atoms with Crippen molar-refractivity contribution in [3.63, 3.8) is 0 Å². The lowest BCUT2D eigenvalue weighted by molar-refractivity contribution is -0.110. The Morgan fingerprint density at radius 3 is 2.32 bits per heavy atom. The van der Waals surface area contributed by atoms with Gasteiger partial charge in [-0.3, -0.25) is 9.48 Å². The van der Waals surface area contributed by atoms with Crippen molar-refractivity contribution in [1.82, 2.24) is 9.78 Å². The number of aryl methyl sites for hydroxylation is 1. The van der Waals surface area contributed by atoms with E-state index in [2.05, 4.69) is 10.4 Å². The number of hydrogen-bond donors (Lipinski definition) is 3. The lowest BCUT2D eigenvalue weighted by Crippen LogP contribution is -2.04. The second-order valence-electron chi connectivity index (χ2n) is 7.87. The van der Waals surface area contributed by atoms with Gasteiger partial charge in [-0.2, -0.15) is 5.10 Å². The molecule has 0 spiro atoms. The molecule has 168 valence electrons. The summed E-state index contributed by atoms with van der Waals surface area (Å²) < 4.78 is 1.25. The van der Waals surface area contributed by atoms with E-state index in [1.165, 1.54) is 17.8 Å². The fraction of sp³-hybridized carbons (Fsp3) is 0.0385. The highest BCUT2D eigenvalue weighted by Crippen LogP contribution is 2.41. The van der Waals surface area contributed by atoms with Crippen LogP contribution in [-0.2, 0) is 11.8 Å². The zero-order valence-corrected chi connectivity index (χ0v) is 18.7. The molecule has 1 amide bonds. The maximum absolute atomic E-state index is 12.7. The maximum Gasteiger partial charge on any atom is 0.354 e. The summed E-state index contributed by atoms with van der Waals surface area (Å²) >= 11 is 6.55. The number of anilines is 1. The van der Waals surface area contributed by atoms with Crippen molar-refractivity contribution >= 4 is 40.8 Å². The van der Waals surface area contributed by atoms with Gasteiger partial charge in [0, 0.05) is 23.7 Å². The van der Waals surface area contributed by atoms with Crippen LogP contribution in [-0.4, -0.2) is 31.9 Å². The predicted molar refractivity (Wildman–Crippen MR) is 131 cm³/mol. The minimum absolute atomic E-state index is 0.0202. The molecule has 0 unspecified atom stereocenters. The van der Waals surface area contributed by atoms with Crippen molar-refractivity contribution in [1.29, 1.82) is 0 Å². The molecule has 0 saturated carbocycles. The van der Waals surface area contributed by atoms with Crippen LogP contribution in [0.3, 0.4) is 0 Å². The summed E-state index contributed by atoms with van der Waals surface area (Å²) in [5.41, 5.74) is 5.14. The van der Waals surface area contributed by atoms with Gasteiger partial charge in [0.25, 0.3) is 5.91 Å². The number of rotatable bonds is 4. The largest absolute Gasteiger partial charge is 0.507 e. The second-order valence-corrected chi connectivity index (χ2v) is 8.27. The number of aromatic hydroxyl groups is 1. The quantitative estimate of drug-likeness (QED) is 0.350. The number of aromatic carboxylic acids is 1. The van der Waals surface area contributed by atoms with Gasteiger partial charge in [-0.15, -0.1) is 0 Å². The lowest BCUT2D eigenvalue weighted by atomic mass is 9.96. The molecule has 0 atom stereocenters. The first-order valence-corrected chi connectivity index (χ1v) is 10.7. The van der Waals surface area contributed by atoms with Gasteiger partial charge in [-0.25, -0.2) is 4.79 Å². The molecule has 3 aromatic carbocycles. The molecule has 0 saturated heterocycles. The number of halogens is 1. The molecule has 2 heterocycles. The average molecular weight is 472 g/mol. The predicted octanol–water partition coefficient (Wildman–Crippen LogP) is 5.30. The standard InChI is InChI=1S/C26H18ClN3O4/c1-30-23(26(33)34)11-16(29-30)10-20-19-12-18(21(27)13-22(19)28-25(20)32)15-8-6-14(7-9-15)17-4-2-3-5-24(17)31/h2-13,31H,1H3,(H,28,32)(H,33,34)/b20-10-. The topological polar surface area (TPSA) is 104 Å². The maximum atomic E-state index is 12.7. The Bertz CT molecular complexity index is 1500. The number of nitrogens with one attached hydrogen (secondary N) is 1. The third-order valence-corrected chi connectivity index (χ3v) is 6.02. The highest BCUT2D eigenvalue weighted by molar-refractivity contribution is 6.38. The van der Waals surface area contributed by atoms with Gasteiger partial charge in [0.2, 0.25) is 0 Å². The molecule has 1 aliphatic heterocycles. The van der Waals surface area contributed by atoms with Gasteiger partial charge in [0.15, 0.2) is 0 Å². The SMILES string of the molecule is Cn1nc(/C=C2\C(=O)Nc3cc(Cl)c(-c4ccc(-c5ccccc5O)cc4)cc32)cc1C(=O)O. The fourth-order valence-electron chi connectivity index (χ4n) is 4.03. The summed E-state index contributed by atoms with van der Waals surface area (Å²) in [5, 5.41) is 26.8. The number of carbonyl (C=O) groups is 2. The molecule has 34 heavy (non-hydrogen) atoms. The van der Waals surface area contributed by atoms with E-state index >= 15 is 0 Å². The van der Waals surface area contributed by atoms with Crippen LogP contribution in [0.4, 0.5) is 5.69 Å². The molecular formula is C26H18ClN3O4. The number of phenolic OH excluding ortho intramolecular Hbond substituents is 1. The van der Waals surface area contributed by atoms with Crippen molar-refractivity contribution in [3.05, 3.63) is 88.7 Å². The van der Waals surface area contributed by atoms with E-state index in [0.29, 0.717) is 27.5 Å². The molecule has 5 rings (SSSR count). The van der Waals surface area contributed by atoms with Crippen LogP contribution in [0.2, 0.25) is 5.02 Å². The van der Waals surface area contributed by atoms with Gasteiger partial charge in [-0.1, -0.05) is 54.1 Å². The molecule has 1 aromatic heterocycles. The van der Waals surface area contributed by atoms with Crippen molar-refractivity contribution in [2.75, 3.05) is 5.32 Å². The summed E-state index contributed by atoms with van der Waals surface area (Å²) in [7, 11) is 1.53. The molecule has 0 bridgehead atoms. The number of hydrogen-bond acceptors (Lipinski definition) is 4. The third kappa shape index (κ3) is 3.72. The summed E-state index contributed by atoms with van der Waals surface area (Å²) in [4.78, 5) is 24.0. The Balaban J connectivity index is 1.54. The first-order chi connectivity index (χ1) is 16.3. The summed E-state index contributed by atoms with van der Waals surface area (Å²) in [6, 6.07) is 19.7. The highest BCUT2D eigenvalue weighted by atomic mass is 35.5. The van der Waals surface area contributed by atoms with Crippen molar-refractivity contribution in [2.45, 2.75) is 0 Å². The molecule has 1 aliphatic rings. The first kappa shape index (κ1) is 21.5. The zero-order valence-electron chi connectivity index (χ0n) is 17.9. The number of carboxylic acid groups (broad SMARTS) is 1. The molecular weight excluding hydrogens is 454 g/mol. The van der Waals surface area contributed by atoms with Crippen molar-refractivity contribution < 1.29 is 19.8 Å². The van der Waals surface area contributed by atoms with Gasteiger partial charge in [0.1, 0.15) is 11.4 Å². The molecule has 7 nitrogen and oxygen atoms in total. The Morgan fingerprint density at radius 2 is 1.68 bits per heavy atom. The van der Waals surface area contributed by atoms with Crippen LogP contribution >= 0.6 is 11.6 Å².